The van der Waals surface area contributed by atoms with E-state index in [0.29, 0.717) is 39.5 Å². The summed E-state index contributed by atoms with van der Waals surface area (Å²) in [6, 6.07) is 12.1. The van der Waals surface area contributed by atoms with Gasteiger partial charge in [0, 0.05) is 11.1 Å². The average molecular weight is 482 g/mol. The molecule has 34 heavy (non-hydrogen) atoms. The molecule has 0 unspecified atom stereocenters. The number of rotatable bonds is 8. The first-order chi connectivity index (χ1) is 16.4. The molecule has 0 aliphatic heterocycles. The molecule has 4 rings (SSSR count). The molecule has 1 aliphatic carbocycles. The minimum absolute atomic E-state index is 0.0758. The topological polar surface area (TPSA) is 107 Å². The number of nitrogens with one attached hydrogen (secondary N) is 3. The van der Waals surface area contributed by atoms with Crippen LogP contribution in [0.25, 0.3) is 10.9 Å². The molecule has 1 saturated carbocycles. The number of carbonyl (C=O) groups excluding carboxylic acids is 2. The number of carbonyl (C=O) groups is 2. The first-order valence-electron chi connectivity index (χ1n) is 11.5. The van der Waals surface area contributed by atoms with E-state index in [2.05, 4.69) is 20.6 Å². The summed E-state index contributed by atoms with van der Waals surface area (Å²) in [5, 5.41) is 6.89. The van der Waals surface area contributed by atoms with Gasteiger partial charge in [0.15, 0.2) is 0 Å². The molecule has 0 atom stereocenters. The smallest absolute Gasteiger partial charge is 0.258 e. The van der Waals surface area contributed by atoms with Crippen molar-refractivity contribution >= 4 is 40.0 Å². The molecule has 1 aromatic heterocycles. The molecule has 178 valence electrons. The highest BCUT2D eigenvalue weighted by atomic mass is 35.5. The van der Waals surface area contributed by atoms with E-state index in [4.69, 9.17) is 11.6 Å². The first-order valence-corrected chi connectivity index (χ1v) is 11.9. The maximum atomic E-state index is 12.8. The second-order valence-corrected chi connectivity index (χ2v) is 8.96. The molecular formula is C25H28ClN5O3. The number of aromatic amines is 1. The maximum absolute atomic E-state index is 12.8. The number of likely N-dealkylation sites (N-methyl/N-ethyl adjacent to an activating group) is 1. The molecule has 3 N–H and O–H groups in total. The molecule has 1 aliphatic rings. The van der Waals surface area contributed by atoms with E-state index in [1.807, 2.05) is 11.8 Å². The van der Waals surface area contributed by atoms with Gasteiger partial charge in [-0.25, -0.2) is 4.98 Å². The largest absolute Gasteiger partial charge is 0.349 e. The number of benzene rings is 2. The lowest BCUT2D eigenvalue weighted by Gasteiger charge is -2.20. The van der Waals surface area contributed by atoms with E-state index in [9.17, 15) is 14.4 Å². The van der Waals surface area contributed by atoms with Gasteiger partial charge in [-0.3, -0.25) is 19.3 Å². The molecule has 9 heteroatoms. The van der Waals surface area contributed by atoms with E-state index in [1.165, 1.54) is 0 Å². The number of amides is 2. The van der Waals surface area contributed by atoms with E-state index in [0.717, 1.165) is 25.7 Å². The van der Waals surface area contributed by atoms with Crippen LogP contribution in [0.2, 0.25) is 5.02 Å². The molecule has 8 nitrogen and oxygen atoms in total. The number of anilines is 1. The van der Waals surface area contributed by atoms with Gasteiger partial charge in [0.05, 0.1) is 35.2 Å². The van der Waals surface area contributed by atoms with Crippen LogP contribution >= 0.6 is 11.6 Å². The highest BCUT2D eigenvalue weighted by Gasteiger charge is 2.20. The van der Waals surface area contributed by atoms with Crippen molar-refractivity contribution < 1.29 is 9.59 Å². The lowest BCUT2D eigenvalue weighted by atomic mass is 10.1. The molecule has 1 heterocycles. The Morgan fingerprint density at radius 3 is 2.71 bits per heavy atom. The first kappa shape index (κ1) is 23.9. The van der Waals surface area contributed by atoms with E-state index in [1.54, 1.807) is 42.5 Å². The SMILES string of the molecule is CCN(CC(=O)Nc1ccccc1C(=O)NC1CCCC1)Cc1nc2cc(Cl)ccc2c(=O)[nH]1. The third-order valence-electron chi connectivity index (χ3n) is 6.04. The lowest BCUT2D eigenvalue weighted by molar-refractivity contribution is -0.117. The maximum Gasteiger partial charge on any atom is 0.258 e. The fourth-order valence-electron chi connectivity index (χ4n) is 4.24. The highest BCUT2D eigenvalue weighted by molar-refractivity contribution is 6.31. The Morgan fingerprint density at radius 1 is 1.18 bits per heavy atom. The summed E-state index contributed by atoms with van der Waals surface area (Å²) in [5.74, 6) is 0.0200. The molecule has 1 fully saturated rings. The van der Waals surface area contributed by atoms with Crippen molar-refractivity contribution in [3.8, 4) is 0 Å². The zero-order chi connectivity index (χ0) is 24.1. The van der Waals surface area contributed by atoms with Gasteiger partial charge in [0.2, 0.25) is 5.91 Å². The van der Waals surface area contributed by atoms with Gasteiger partial charge in [0.25, 0.3) is 11.5 Å². The van der Waals surface area contributed by atoms with Crippen molar-refractivity contribution in [3.05, 3.63) is 69.2 Å². The van der Waals surface area contributed by atoms with Gasteiger partial charge in [-0.2, -0.15) is 0 Å². The van der Waals surface area contributed by atoms with Crippen LogP contribution in [-0.4, -0.2) is 45.8 Å². The summed E-state index contributed by atoms with van der Waals surface area (Å²) in [6.45, 7) is 2.85. The standard InChI is InChI=1S/C25H28ClN5O3/c1-2-31(14-22-28-21-13-16(26)11-12-19(21)25(34)30-22)15-23(32)29-20-10-6-5-9-18(20)24(33)27-17-7-3-4-8-17/h5-6,9-13,17H,2-4,7-8,14-15H2,1H3,(H,27,33)(H,29,32)(H,28,30,34). The average Bonchev–Trinajstić information content (AvgIpc) is 3.31. The molecule has 0 saturated heterocycles. The lowest BCUT2D eigenvalue weighted by Crippen LogP contribution is -2.35. The van der Waals surface area contributed by atoms with Gasteiger partial charge < -0.3 is 15.6 Å². The molecule has 2 aromatic carbocycles. The van der Waals surface area contributed by atoms with Gasteiger partial charge in [0.1, 0.15) is 5.82 Å². The number of fused-ring (bicyclic) bond motifs is 1. The number of aromatic nitrogens is 2. The highest BCUT2D eigenvalue weighted by Crippen LogP contribution is 2.20. The van der Waals surface area contributed by atoms with Gasteiger partial charge >= 0.3 is 0 Å². The molecule has 0 spiro atoms. The summed E-state index contributed by atoms with van der Waals surface area (Å²) in [5.41, 5.74) is 1.18. The van der Waals surface area contributed by atoms with Crippen LogP contribution in [-0.2, 0) is 11.3 Å². The van der Waals surface area contributed by atoms with Crippen LogP contribution in [0.1, 0.15) is 48.8 Å². The Hall–Kier alpha value is -3.23. The quantitative estimate of drug-likeness (QED) is 0.454. The van der Waals surface area contributed by atoms with Gasteiger partial charge in [-0.1, -0.05) is 43.5 Å². The summed E-state index contributed by atoms with van der Waals surface area (Å²) in [4.78, 5) is 47.1. The molecular weight excluding hydrogens is 454 g/mol. The van der Waals surface area contributed by atoms with Crippen molar-refractivity contribution in [1.29, 1.82) is 0 Å². The van der Waals surface area contributed by atoms with Crippen molar-refractivity contribution in [2.24, 2.45) is 0 Å². The van der Waals surface area contributed by atoms with Crippen LogP contribution in [0, 0.1) is 0 Å². The Kier molecular flexibility index (Phi) is 7.59. The minimum atomic E-state index is -0.255. The number of H-pyrrole nitrogens is 1. The number of halogens is 1. The van der Waals surface area contributed by atoms with E-state index < -0.39 is 0 Å². The minimum Gasteiger partial charge on any atom is -0.349 e. The van der Waals surface area contributed by atoms with E-state index >= 15 is 0 Å². The van der Waals surface area contributed by atoms with Crippen LogP contribution in [0.5, 0.6) is 0 Å². The van der Waals surface area contributed by atoms with Gasteiger partial charge in [-0.05, 0) is 49.7 Å². The van der Waals surface area contributed by atoms with E-state index in [-0.39, 0.29) is 36.5 Å². The Labute approximate surface area is 202 Å². The molecule has 2 amide bonds. The fourth-order valence-corrected chi connectivity index (χ4v) is 4.41. The Bertz CT molecular complexity index is 1250. The third-order valence-corrected chi connectivity index (χ3v) is 6.28. The summed E-state index contributed by atoms with van der Waals surface area (Å²) < 4.78 is 0. The summed E-state index contributed by atoms with van der Waals surface area (Å²) in [6.07, 6.45) is 4.23. The number of hydrogen-bond donors (Lipinski definition) is 3. The monoisotopic (exact) mass is 481 g/mol. The van der Waals surface area contributed by atoms with Crippen LogP contribution in [0.15, 0.2) is 47.3 Å². The molecule has 3 aromatic rings. The van der Waals surface area contributed by atoms with Crippen LogP contribution in [0.4, 0.5) is 5.69 Å². The molecule has 0 radical (unpaired) electrons. The zero-order valence-electron chi connectivity index (χ0n) is 19.1. The normalized spacial score (nSPS) is 14.0. The van der Waals surface area contributed by atoms with Crippen LogP contribution < -0.4 is 16.2 Å². The number of hydrogen-bond acceptors (Lipinski definition) is 5. The fraction of sp³-hybridized carbons (Fsp3) is 0.360. The van der Waals surface area contributed by atoms with Crippen LogP contribution in [0.3, 0.4) is 0 Å². The second kappa shape index (κ2) is 10.8. The van der Waals surface area contributed by atoms with Crippen molar-refractivity contribution in [2.45, 2.75) is 45.2 Å². The van der Waals surface area contributed by atoms with Gasteiger partial charge in [-0.15, -0.1) is 0 Å². The summed E-state index contributed by atoms with van der Waals surface area (Å²) in [7, 11) is 0. The van der Waals surface area contributed by atoms with Crippen molar-refractivity contribution in [2.75, 3.05) is 18.4 Å². The summed E-state index contributed by atoms with van der Waals surface area (Å²) >= 11 is 6.04. The Morgan fingerprint density at radius 2 is 1.94 bits per heavy atom. The number of nitrogens with zero attached hydrogens (tertiary/aromatic N) is 2. The Balaban J connectivity index is 1.43. The zero-order valence-corrected chi connectivity index (χ0v) is 19.8. The third kappa shape index (κ3) is 5.81. The van der Waals surface area contributed by atoms with Crippen molar-refractivity contribution in [3.63, 3.8) is 0 Å². The predicted molar refractivity (Wildman–Crippen MR) is 133 cm³/mol. The predicted octanol–water partition coefficient (Wildman–Crippen LogP) is 3.71. The second-order valence-electron chi connectivity index (χ2n) is 8.53. The molecule has 0 bridgehead atoms. The van der Waals surface area contributed by atoms with Crippen molar-refractivity contribution in [1.82, 2.24) is 20.2 Å². The number of para-hydroxylation sites is 1.